The second kappa shape index (κ2) is 9.81. The van der Waals surface area contributed by atoms with Crippen LogP contribution in [0.25, 0.3) is 0 Å². The lowest BCUT2D eigenvalue weighted by Crippen LogP contribution is -2.28. The third-order valence-corrected chi connectivity index (χ3v) is 5.24. The summed E-state index contributed by atoms with van der Waals surface area (Å²) in [7, 11) is 0. The van der Waals surface area contributed by atoms with Crippen LogP contribution in [0.2, 0.25) is 0 Å². The first-order valence-corrected chi connectivity index (χ1v) is 10.0. The number of nitrogens with zero attached hydrogens (tertiary/aromatic N) is 2. The van der Waals surface area contributed by atoms with Crippen molar-refractivity contribution in [3.8, 4) is 11.8 Å². The van der Waals surface area contributed by atoms with E-state index in [4.69, 9.17) is 10.00 Å². The number of carbonyl (C=O) groups excluding carboxylic acids is 2. The molecule has 0 radical (unpaired) electrons. The first kappa shape index (κ1) is 19.8. The van der Waals surface area contributed by atoms with Crippen molar-refractivity contribution >= 4 is 28.6 Å². The van der Waals surface area contributed by atoms with Crippen molar-refractivity contribution in [1.82, 2.24) is 4.90 Å². The second-order valence-corrected chi connectivity index (χ2v) is 7.37. The summed E-state index contributed by atoms with van der Waals surface area (Å²) in [6.45, 7) is 1.45. The Bertz CT molecular complexity index is 877. The number of benzene rings is 2. The summed E-state index contributed by atoms with van der Waals surface area (Å²) in [5.74, 6) is 1.36. The molecule has 2 aromatic rings. The Morgan fingerprint density at radius 1 is 1.21 bits per heavy atom. The molecule has 0 unspecified atom stereocenters. The van der Waals surface area contributed by atoms with Crippen LogP contribution in [0, 0.1) is 11.3 Å². The maximum absolute atomic E-state index is 12.3. The van der Waals surface area contributed by atoms with Crippen LogP contribution in [0.1, 0.15) is 17.5 Å². The fourth-order valence-electron chi connectivity index (χ4n) is 2.80. The molecule has 1 heterocycles. The van der Waals surface area contributed by atoms with Crippen LogP contribution in [0.4, 0.5) is 10.5 Å². The van der Waals surface area contributed by atoms with Gasteiger partial charge in [-0.3, -0.25) is 9.59 Å². The molecule has 2 aromatic carbocycles. The van der Waals surface area contributed by atoms with Crippen LogP contribution < -0.4 is 10.1 Å². The predicted molar refractivity (Wildman–Crippen MR) is 109 cm³/mol. The molecule has 28 heavy (non-hydrogen) atoms. The average Bonchev–Trinajstić information content (AvgIpc) is 3.12. The molecule has 0 atom stereocenters. The smallest absolute Gasteiger partial charge is 0.281 e. The number of rotatable bonds is 8. The molecular formula is C21H21N3O3S. The number of nitrogens with one attached hydrogen (secondary N) is 1. The van der Waals surface area contributed by atoms with Crippen LogP contribution in [0.15, 0.2) is 48.5 Å². The van der Waals surface area contributed by atoms with Crippen LogP contribution >= 0.6 is 11.8 Å². The zero-order valence-corrected chi connectivity index (χ0v) is 16.2. The van der Waals surface area contributed by atoms with Crippen molar-refractivity contribution in [2.75, 3.05) is 24.2 Å². The Morgan fingerprint density at radius 3 is 2.71 bits per heavy atom. The summed E-state index contributed by atoms with van der Waals surface area (Å²) in [5.41, 5.74) is 2.51. The van der Waals surface area contributed by atoms with Gasteiger partial charge in [-0.25, -0.2) is 0 Å². The quantitative estimate of drug-likeness (QED) is 0.735. The van der Waals surface area contributed by atoms with E-state index in [1.807, 2.05) is 48.5 Å². The average molecular weight is 395 g/mol. The molecule has 1 aliphatic heterocycles. The fraction of sp³-hybridized carbons (Fsp3) is 0.286. The highest BCUT2D eigenvalue weighted by Gasteiger charge is 2.21. The van der Waals surface area contributed by atoms with E-state index in [9.17, 15) is 9.59 Å². The maximum Gasteiger partial charge on any atom is 0.281 e. The minimum atomic E-state index is -0.127. The van der Waals surface area contributed by atoms with Crippen LogP contribution in [-0.2, 0) is 17.8 Å². The van der Waals surface area contributed by atoms with Crippen molar-refractivity contribution in [2.45, 2.75) is 19.4 Å². The molecular weight excluding hydrogens is 374 g/mol. The van der Waals surface area contributed by atoms with E-state index in [1.165, 1.54) is 11.8 Å². The number of ether oxygens (including phenoxy) is 1. The molecule has 1 fully saturated rings. The standard InChI is InChI=1S/C21H21N3O3S/c22-11-9-16-5-7-18(8-6-16)27-15-17-3-1-2-4-19(17)23-20(25)10-12-24-13-14-28-21(24)26/h1-8H,9-10,12-15H2,(H,23,25). The molecule has 0 bridgehead atoms. The number of amides is 2. The number of hydrogen-bond acceptors (Lipinski definition) is 5. The molecule has 0 saturated carbocycles. The number of hydrogen-bond donors (Lipinski definition) is 1. The van der Waals surface area contributed by atoms with E-state index in [0.29, 0.717) is 37.6 Å². The van der Waals surface area contributed by atoms with Crippen LogP contribution in [0.5, 0.6) is 5.75 Å². The van der Waals surface area contributed by atoms with Gasteiger partial charge < -0.3 is 15.0 Å². The maximum atomic E-state index is 12.3. The van der Waals surface area contributed by atoms with Gasteiger partial charge in [0, 0.05) is 36.5 Å². The van der Waals surface area contributed by atoms with E-state index in [1.54, 1.807) is 4.90 Å². The molecule has 144 valence electrons. The first-order chi connectivity index (χ1) is 13.7. The minimum absolute atomic E-state index is 0.0439. The number of nitriles is 1. The SMILES string of the molecule is N#CCc1ccc(OCc2ccccc2NC(=O)CCN2CCSC2=O)cc1. The number of carbonyl (C=O) groups is 2. The van der Waals surface area contributed by atoms with Gasteiger partial charge in [0.1, 0.15) is 12.4 Å². The monoisotopic (exact) mass is 395 g/mol. The Kier molecular flexibility index (Phi) is 6.93. The van der Waals surface area contributed by atoms with Gasteiger partial charge in [-0.15, -0.1) is 0 Å². The van der Waals surface area contributed by atoms with Gasteiger partial charge in [0.25, 0.3) is 5.24 Å². The van der Waals surface area contributed by atoms with E-state index >= 15 is 0 Å². The number of para-hydroxylation sites is 1. The molecule has 0 aromatic heterocycles. The van der Waals surface area contributed by atoms with Gasteiger partial charge in [-0.2, -0.15) is 5.26 Å². The lowest BCUT2D eigenvalue weighted by molar-refractivity contribution is -0.116. The van der Waals surface area contributed by atoms with Crippen molar-refractivity contribution in [1.29, 1.82) is 5.26 Å². The van der Waals surface area contributed by atoms with Crippen molar-refractivity contribution in [2.24, 2.45) is 0 Å². The Morgan fingerprint density at radius 2 is 2.00 bits per heavy atom. The van der Waals surface area contributed by atoms with Gasteiger partial charge in [-0.1, -0.05) is 42.1 Å². The Balaban J connectivity index is 1.54. The Hall–Kier alpha value is -2.98. The molecule has 0 aliphatic carbocycles. The van der Waals surface area contributed by atoms with Gasteiger partial charge in [0.2, 0.25) is 5.91 Å². The van der Waals surface area contributed by atoms with E-state index < -0.39 is 0 Å². The van der Waals surface area contributed by atoms with Crippen LogP contribution in [-0.4, -0.2) is 34.9 Å². The molecule has 6 nitrogen and oxygen atoms in total. The minimum Gasteiger partial charge on any atom is -0.489 e. The molecule has 1 N–H and O–H groups in total. The zero-order valence-electron chi connectivity index (χ0n) is 15.4. The molecule has 1 aliphatic rings. The first-order valence-electron chi connectivity index (χ1n) is 9.04. The molecule has 1 saturated heterocycles. The van der Waals surface area contributed by atoms with Crippen molar-refractivity contribution in [3.63, 3.8) is 0 Å². The molecule has 0 spiro atoms. The molecule has 7 heteroatoms. The summed E-state index contributed by atoms with van der Waals surface area (Å²) in [5, 5.41) is 11.7. The predicted octanol–water partition coefficient (Wildman–Crippen LogP) is 3.83. The third-order valence-electron chi connectivity index (χ3n) is 4.35. The lowest BCUT2D eigenvalue weighted by Gasteiger charge is -2.15. The lowest BCUT2D eigenvalue weighted by atomic mass is 10.1. The zero-order chi connectivity index (χ0) is 19.8. The highest BCUT2D eigenvalue weighted by atomic mass is 32.2. The number of thioether (sulfide) groups is 1. The van der Waals surface area contributed by atoms with Crippen LogP contribution in [0.3, 0.4) is 0 Å². The highest BCUT2D eigenvalue weighted by molar-refractivity contribution is 8.13. The van der Waals surface area contributed by atoms with Gasteiger partial charge in [0.05, 0.1) is 12.5 Å². The largest absolute Gasteiger partial charge is 0.489 e. The summed E-state index contributed by atoms with van der Waals surface area (Å²) < 4.78 is 5.81. The molecule has 3 rings (SSSR count). The van der Waals surface area contributed by atoms with Gasteiger partial charge in [-0.05, 0) is 23.8 Å². The van der Waals surface area contributed by atoms with Gasteiger partial charge >= 0.3 is 0 Å². The molecule has 2 amide bonds. The van der Waals surface area contributed by atoms with E-state index in [2.05, 4.69) is 11.4 Å². The highest BCUT2D eigenvalue weighted by Crippen LogP contribution is 2.20. The topological polar surface area (TPSA) is 82.4 Å². The Labute approximate surface area is 168 Å². The second-order valence-electron chi connectivity index (χ2n) is 6.32. The summed E-state index contributed by atoms with van der Waals surface area (Å²) in [6.07, 6.45) is 0.638. The van der Waals surface area contributed by atoms with Gasteiger partial charge in [0.15, 0.2) is 0 Å². The van der Waals surface area contributed by atoms with Crippen molar-refractivity contribution in [3.05, 3.63) is 59.7 Å². The summed E-state index contributed by atoms with van der Waals surface area (Å²) in [6, 6.07) is 17.0. The van der Waals surface area contributed by atoms with Crippen molar-refractivity contribution < 1.29 is 14.3 Å². The summed E-state index contributed by atoms with van der Waals surface area (Å²) in [4.78, 5) is 25.6. The van der Waals surface area contributed by atoms with E-state index in [-0.39, 0.29) is 17.6 Å². The number of anilines is 1. The summed E-state index contributed by atoms with van der Waals surface area (Å²) >= 11 is 1.29. The third kappa shape index (κ3) is 5.51. The van der Waals surface area contributed by atoms with E-state index in [0.717, 1.165) is 16.9 Å². The fourth-order valence-corrected chi connectivity index (χ4v) is 3.65. The normalized spacial score (nSPS) is 13.2.